The van der Waals surface area contributed by atoms with E-state index < -0.39 is 12.1 Å². The number of nitrogens with zero attached hydrogens (tertiary/aromatic N) is 2. The van der Waals surface area contributed by atoms with Crippen LogP contribution in [0.5, 0.6) is 5.88 Å². The van der Waals surface area contributed by atoms with Crippen LogP contribution in [0.25, 0.3) is 0 Å². The van der Waals surface area contributed by atoms with E-state index in [1.807, 2.05) is 0 Å². The maximum atomic E-state index is 12.6. The van der Waals surface area contributed by atoms with Crippen molar-refractivity contribution in [1.82, 2.24) is 20.5 Å². The van der Waals surface area contributed by atoms with E-state index >= 15 is 0 Å². The summed E-state index contributed by atoms with van der Waals surface area (Å²) < 4.78 is 5.64. The maximum Gasteiger partial charge on any atom is 0.317 e. The zero-order chi connectivity index (χ0) is 24.0. The van der Waals surface area contributed by atoms with E-state index in [-0.39, 0.29) is 41.8 Å². The van der Waals surface area contributed by atoms with Gasteiger partial charge in [-0.2, -0.15) is 0 Å². The third kappa shape index (κ3) is 7.05. The molecule has 1 saturated heterocycles. The third-order valence-corrected chi connectivity index (χ3v) is 5.48. The average Bonchev–Trinajstić information content (AvgIpc) is 2.75. The van der Waals surface area contributed by atoms with Gasteiger partial charge in [0.05, 0.1) is 17.6 Å². The lowest BCUT2D eigenvalue weighted by Crippen LogP contribution is -2.60. The molecule has 2 aromatic rings. The monoisotopic (exact) mass is 494 g/mol. The minimum Gasteiger partial charge on any atom is -0.480 e. The topological polar surface area (TPSA) is 121 Å². The fourth-order valence-corrected chi connectivity index (χ4v) is 3.75. The SMILES string of the molecule is CCC(Oc1ncc(Cl)cc1Cl)C(=O)NCc1cccc(C(=O)NC2CN(CC(=O)O)C2)c1. The number of carboxylic acid groups (broad SMARTS) is 1. The maximum absolute atomic E-state index is 12.6. The molecule has 2 heterocycles. The Morgan fingerprint density at radius 3 is 2.70 bits per heavy atom. The van der Waals surface area contributed by atoms with Crippen molar-refractivity contribution in [3.63, 3.8) is 0 Å². The number of carboxylic acids is 1. The Morgan fingerprint density at radius 2 is 2.03 bits per heavy atom. The number of likely N-dealkylation sites (tertiary alicyclic amines) is 1. The Bertz CT molecular complexity index is 1030. The molecule has 0 spiro atoms. The first-order valence-electron chi connectivity index (χ1n) is 10.3. The van der Waals surface area contributed by atoms with E-state index in [2.05, 4.69) is 15.6 Å². The van der Waals surface area contributed by atoms with Crippen molar-refractivity contribution in [3.05, 3.63) is 57.7 Å². The molecule has 0 radical (unpaired) electrons. The number of hydrogen-bond donors (Lipinski definition) is 3. The minimum atomic E-state index is -0.891. The van der Waals surface area contributed by atoms with E-state index in [9.17, 15) is 14.4 Å². The van der Waals surface area contributed by atoms with Gasteiger partial charge >= 0.3 is 5.97 Å². The second-order valence-corrected chi connectivity index (χ2v) is 8.48. The second kappa shape index (κ2) is 11.3. The summed E-state index contributed by atoms with van der Waals surface area (Å²) in [7, 11) is 0. The molecule has 1 aromatic carbocycles. The third-order valence-electron chi connectivity index (χ3n) is 5.00. The summed E-state index contributed by atoms with van der Waals surface area (Å²) in [5, 5.41) is 15.0. The van der Waals surface area contributed by atoms with Gasteiger partial charge < -0.3 is 20.5 Å². The van der Waals surface area contributed by atoms with E-state index in [1.54, 1.807) is 36.1 Å². The van der Waals surface area contributed by atoms with Crippen LogP contribution in [-0.2, 0) is 16.1 Å². The fourth-order valence-electron chi connectivity index (χ4n) is 3.32. The number of benzene rings is 1. The van der Waals surface area contributed by atoms with Crippen LogP contribution < -0.4 is 15.4 Å². The molecule has 1 unspecified atom stereocenters. The van der Waals surface area contributed by atoms with Crippen LogP contribution in [0.1, 0.15) is 29.3 Å². The Hall–Kier alpha value is -2.88. The van der Waals surface area contributed by atoms with Gasteiger partial charge in [0.2, 0.25) is 5.88 Å². The van der Waals surface area contributed by atoms with Crippen molar-refractivity contribution in [2.45, 2.75) is 32.0 Å². The van der Waals surface area contributed by atoms with Crippen LogP contribution in [0.15, 0.2) is 36.5 Å². The van der Waals surface area contributed by atoms with Gasteiger partial charge in [0.25, 0.3) is 11.8 Å². The van der Waals surface area contributed by atoms with E-state index in [4.69, 9.17) is 33.0 Å². The van der Waals surface area contributed by atoms with Crippen LogP contribution in [0.2, 0.25) is 10.0 Å². The molecule has 33 heavy (non-hydrogen) atoms. The van der Waals surface area contributed by atoms with Crippen molar-refractivity contribution in [3.8, 4) is 5.88 Å². The predicted molar refractivity (Wildman–Crippen MR) is 123 cm³/mol. The van der Waals surface area contributed by atoms with Crippen molar-refractivity contribution in [1.29, 1.82) is 0 Å². The molecule has 2 amide bonds. The number of amides is 2. The van der Waals surface area contributed by atoms with Gasteiger partial charge in [-0.3, -0.25) is 19.3 Å². The van der Waals surface area contributed by atoms with Crippen molar-refractivity contribution in [2.75, 3.05) is 19.6 Å². The first-order chi connectivity index (χ1) is 15.7. The lowest BCUT2D eigenvalue weighted by Gasteiger charge is -2.38. The molecule has 3 rings (SSSR count). The Kier molecular flexibility index (Phi) is 8.49. The quantitative estimate of drug-likeness (QED) is 0.463. The number of aromatic nitrogens is 1. The average molecular weight is 495 g/mol. The van der Waals surface area contributed by atoms with Gasteiger partial charge in [0.1, 0.15) is 5.02 Å². The highest BCUT2D eigenvalue weighted by Gasteiger charge is 2.29. The van der Waals surface area contributed by atoms with Gasteiger partial charge in [-0.15, -0.1) is 0 Å². The van der Waals surface area contributed by atoms with Crippen molar-refractivity contribution >= 4 is 41.0 Å². The molecular formula is C22H24Cl2N4O5. The van der Waals surface area contributed by atoms with Crippen molar-refractivity contribution < 1.29 is 24.2 Å². The van der Waals surface area contributed by atoms with Gasteiger partial charge in [0.15, 0.2) is 6.10 Å². The molecule has 1 aliphatic heterocycles. The first-order valence-corrected chi connectivity index (χ1v) is 11.1. The fraction of sp³-hybridized carbons (Fsp3) is 0.364. The number of nitrogens with one attached hydrogen (secondary N) is 2. The molecular weight excluding hydrogens is 471 g/mol. The van der Waals surface area contributed by atoms with E-state index in [0.29, 0.717) is 30.1 Å². The number of aliphatic carboxylic acids is 1. The van der Waals surface area contributed by atoms with Crippen LogP contribution in [-0.4, -0.2) is 64.6 Å². The zero-order valence-corrected chi connectivity index (χ0v) is 19.4. The van der Waals surface area contributed by atoms with Crippen LogP contribution in [0.3, 0.4) is 0 Å². The summed E-state index contributed by atoms with van der Waals surface area (Å²) in [6, 6.07) is 8.31. The Labute approximate surface area is 201 Å². The van der Waals surface area contributed by atoms with Crippen LogP contribution >= 0.6 is 23.2 Å². The molecule has 1 aliphatic rings. The summed E-state index contributed by atoms with van der Waals surface area (Å²) in [6.07, 6.45) is 0.988. The van der Waals surface area contributed by atoms with Gasteiger partial charge in [-0.05, 0) is 30.2 Å². The van der Waals surface area contributed by atoms with Crippen molar-refractivity contribution in [2.24, 2.45) is 0 Å². The standard InChI is InChI=1S/C22H24Cl2N4O5/c1-2-18(33-22-17(24)7-15(23)9-26-22)21(32)25-8-13-4-3-5-14(6-13)20(31)27-16-10-28(11-16)12-19(29)30/h3-7,9,16,18H,2,8,10-12H2,1H3,(H,25,32)(H,27,31)(H,29,30). The largest absolute Gasteiger partial charge is 0.480 e. The van der Waals surface area contributed by atoms with Gasteiger partial charge in [-0.1, -0.05) is 42.3 Å². The molecule has 0 saturated carbocycles. The molecule has 11 heteroatoms. The number of halogens is 2. The number of pyridine rings is 1. The lowest BCUT2D eigenvalue weighted by molar-refractivity contribution is -0.139. The number of rotatable bonds is 10. The van der Waals surface area contributed by atoms with E-state index in [1.165, 1.54) is 12.3 Å². The highest BCUT2D eigenvalue weighted by atomic mass is 35.5. The Morgan fingerprint density at radius 1 is 1.27 bits per heavy atom. The van der Waals surface area contributed by atoms with Crippen LogP contribution in [0, 0.1) is 0 Å². The Balaban J connectivity index is 1.51. The number of carbonyl (C=O) groups is 3. The second-order valence-electron chi connectivity index (χ2n) is 7.63. The summed E-state index contributed by atoms with van der Waals surface area (Å²) in [6.45, 7) is 2.97. The lowest BCUT2D eigenvalue weighted by atomic mass is 10.1. The smallest absolute Gasteiger partial charge is 0.317 e. The van der Waals surface area contributed by atoms with Gasteiger partial charge in [0, 0.05) is 31.4 Å². The molecule has 3 N–H and O–H groups in total. The summed E-state index contributed by atoms with van der Waals surface area (Å²) in [4.78, 5) is 41.5. The van der Waals surface area contributed by atoms with Gasteiger partial charge in [-0.25, -0.2) is 4.98 Å². The molecule has 1 aromatic heterocycles. The summed E-state index contributed by atoms with van der Waals surface area (Å²) in [5.74, 6) is -1.35. The molecule has 0 bridgehead atoms. The molecule has 0 aliphatic carbocycles. The molecule has 1 fully saturated rings. The summed E-state index contributed by atoms with van der Waals surface area (Å²) in [5.41, 5.74) is 1.20. The zero-order valence-electron chi connectivity index (χ0n) is 17.9. The van der Waals surface area contributed by atoms with E-state index in [0.717, 1.165) is 5.56 Å². The molecule has 1 atom stereocenters. The number of hydrogen-bond acceptors (Lipinski definition) is 6. The van der Waals surface area contributed by atoms with Crippen LogP contribution in [0.4, 0.5) is 0 Å². The molecule has 176 valence electrons. The number of carbonyl (C=O) groups excluding carboxylic acids is 2. The number of ether oxygens (including phenoxy) is 1. The highest BCUT2D eigenvalue weighted by molar-refractivity contribution is 6.35. The molecule has 9 nitrogen and oxygen atoms in total. The first kappa shape index (κ1) is 24.8. The normalized spacial score (nSPS) is 14.8. The highest BCUT2D eigenvalue weighted by Crippen LogP contribution is 2.25. The summed E-state index contributed by atoms with van der Waals surface area (Å²) >= 11 is 11.9. The minimum absolute atomic E-state index is 0.0374. The predicted octanol–water partition coefficient (Wildman–Crippen LogP) is 2.36.